The molecule has 0 spiro atoms. The lowest BCUT2D eigenvalue weighted by Gasteiger charge is -2.38. The number of hydrogen-bond donors (Lipinski definition) is 2. The molecule has 1 fully saturated rings. The van der Waals surface area contributed by atoms with E-state index in [1.807, 2.05) is 20.8 Å². The summed E-state index contributed by atoms with van der Waals surface area (Å²) in [6, 6.07) is 3.11. The molecule has 1 heterocycles. The summed E-state index contributed by atoms with van der Waals surface area (Å²) < 4.78 is 21.7. The molecule has 0 aliphatic carbocycles. The normalized spacial score (nSPS) is 18.4. The van der Waals surface area contributed by atoms with Crippen molar-refractivity contribution in [2.24, 2.45) is 5.92 Å². The maximum atomic E-state index is 13.0. The van der Waals surface area contributed by atoms with Crippen molar-refractivity contribution in [1.29, 1.82) is 0 Å². The zero-order chi connectivity index (χ0) is 23.3. The minimum absolute atomic E-state index is 0.0765. The van der Waals surface area contributed by atoms with Gasteiger partial charge in [-0.2, -0.15) is 0 Å². The van der Waals surface area contributed by atoms with Crippen LogP contribution in [-0.2, 0) is 16.2 Å². The summed E-state index contributed by atoms with van der Waals surface area (Å²) >= 11 is 11.2. The van der Waals surface area contributed by atoms with E-state index in [1.165, 1.54) is 6.92 Å². The van der Waals surface area contributed by atoms with Gasteiger partial charge < -0.3 is 19.3 Å². The summed E-state index contributed by atoms with van der Waals surface area (Å²) in [6.45, 7) is 12.2. The highest BCUT2D eigenvalue weighted by Crippen LogP contribution is 2.40. The molecule has 9 heteroatoms. The zero-order valence-corrected chi connectivity index (χ0v) is 20.8. The molecular formula is C22H32Cl2N2O4S. The van der Waals surface area contributed by atoms with E-state index in [0.717, 1.165) is 5.56 Å². The lowest BCUT2D eigenvalue weighted by atomic mass is 9.85. The first-order valence-electron chi connectivity index (χ1n) is 10.3. The number of halogens is 2. The number of carbonyl (C=O) groups is 1. The number of aliphatic hydroxyl groups excluding tert-OH is 1. The second kappa shape index (κ2) is 11.3. The summed E-state index contributed by atoms with van der Waals surface area (Å²) in [6.07, 6.45) is 1.98. The molecule has 1 saturated heterocycles. The predicted molar refractivity (Wildman–Crippen MR) is 127 cm³/mol. The quantitative estimate of drug-likeness (QED) is 0.419. The Bertz CT molecular complexity index is 778. The molecule has 1 aliphatic heterocycles. The summed E-state index contributed by atoms with van der Waals surface area (Å²) in [5, 5.41) is 10.4. The fraction of sp³-hybridized carbons (Fsp3) is 0.591. The molecule has 2 N–H and O–H groups in total. The molecule has 3 atom stereocenters. The van der Waals surface area contributed by atoms with Gasteiger partial charge in [0.1, 0.15) is 23.2 Å². The van der Waals surface area contributed by atoms with E-state index in [0.29, 0.717) is 48.3 Å². The van der Waals surface area contributed by atoms with Crippen molar-refractivity contribution in [3.8, 4) is 5.75 Å². The summed E-state index contributed by atoms with van der Waals surface area (Å²) in [7, 11) is 0. The molecular weight excluding hydrogens is 459 g/mol. The first-order valence-corrected chi connectivity index (χ1v) is 12.2. The van der Waals surface area contributed by atoms with Crippen LogP contribution in [0.1, 0.15) is 52.1 Å². The van der Waals surface area contributed by atoms with Crippen molar-refractivity contribution in [2.75, 3.05) is 19.7 Å². The van der Waals surface area contributed by atoms with Gasteiger partial charge in [-0.3, -0.25) is 4.79 Å². The van der Waals surface area contributed by atoms with Crippen LogP contribution in [-0.4, -0.2) is 51.0 Å². The number of likely N-dealkylation sites (tertiary alicyclic amines) is 1. The molecule has 2 rings (SSSR count). The smallest absolute Gasteiger partial charge is 0.251 e. The van der Waals surface area contributed by atoms with Gasteiger partial charge in [0.05, 0.1) is 16.1 Å². The van der Waals surface area contributed by atoms with Crippen molar-refractivity contribution >= 4 is 40.5 Å². The van der Waals surface area contributed by atoms with Crippen LogP contribution in [0.4, 0.5) is 0 Å². The van der Waals surface area contributed by atoms with E-state index in [4.69, 9.17) is 27.9 Å². The average Bonchev–Trinajstić information content (AvgIpc) is 2.71. The monoisotopic (exact) mass is 490 g/mol. The second-order valence-corrected chi connectivity index (χ2v) is 11.5. The molecule has 1 amide bonds. The SMILES string of the molecule is C=CCOc1cc(Cl)c(Cl)cc1C(N[S@@+]([O-])C(C)(C)C)C1CCN(C(=O)C(C)O)CC1. The lowest BCUT2D eigenvalue weighted by Crippen LogP contribution is -2.48. The number of nitrogens with zero attached hydrogens (tertiary/aromatic N) is 1. The van der Waals surface area contributed by atoms with Crippen LogP contribution in [0.25, 0.3) is 0 Å². The summed E-state index contributed by atoms with van der Waals surface area (Å²) in [5.74, 6) is 0.360. The number of aliphatic hydroxyl groups is 1. The van der Waals surface area contributed by atoms with Gasteiger partial charge in [0.25, 0.3) is 5.91 Å². The largest absolute Gasteiger partial charge is 0.598 e. The Morgan fingerprint density at radius 2 is 1.97 bits per heavy atom. The molecule has 0 aromatic heterocycles. The van der Waals surface area contributed by atoms with Crippen molar-refractivity contribution < 1.29 is 19.2 Å². The Balaban J connectivity index is 2.37. The Morgan fingerprint density at radius 3 is 2.48 bits per heavy atom. The number of nitrogens with one attached hydrogen (secondary N) is 1. The molecule has 2 unspecified atom stereocenters. The molecule has 174 valence electrons. The van der Waals surface area contributed by atoms with Gasteiger partial charge >= 0.3 is 0 Å². The maximum absolute atomic E-state index is 13.0. The number of hydrogen-bond acceptors (Lipinski definition) is 5. The van der Waals surface area contributed by atoms with Crippen LogP contribution in [0.3, 0.4) is 0 Å². The van der Waals surface area contributed by atoms with Crippen LogP contribution in [0.15, 0.2) is 24.8 Å². The molecule has 0 saturated carbocycles. The fourth-order valence-electron chi connectivity index (χ4n) is 3.48. The molecule has 1 aromatic rings. The van der Waals surface area contributed by atoms with Gasteiger partial charge in [0.15, 0.2) is 0 Å². The van der Waals surface area contributed by atoms with Crippen LogP contribution in [0, 0.1) is 5.92 Å². The number of amides is 1. The van der Waals surface area contributed by atoms with Crippen molar-refractivity contribution in [3.05, 3.63) is 40.4 Å². The van der Waals surface area contributed by atoms with E-state index < -0.39 is 22.2 Å². The topological polar surface area (TPSA) is 84.9 Å². The molecule has 0 radical (unpaired) electrons. The van der Waals surface area contributed by atoms with Crippen LogP contribution in [0.5, 0.6) is 5.75 Å². The first-order chi connectivity index (χ1) is 14.5. The van der Waals surface area contributed by atoms with E-state index in [-0.39, 0.29) is 17.9 Å². The number of carbonyl (C=O) groups excluding carboxylic acids is 1. The standard InChI is InChI=1S/C22H32Cl2N2O4S/c1-6-11-30-19-13-18(24)17(23)12-16(19)20(25-31(29)22(3,4)5)15-7-9-26(10-8-15)21(28)14(2)27/h6,12-15,20,25,27H,1,7-11H2,2-5H3/t14?,20?,31-/m0/s1. The lowest BCUT2D eigenvalue weighted by molar-refractivity contribution is -0.140. The molecule has 0 bridgehead atoms. The third-order valence-electron chi connectivity index (χ3n) is 5.21. The Labute approximate surface area is 198 Å². The number of ether oxygens (including phenoxy) is 1. The van der Waals surface area contributed by atoms with Gasteiger partial charge in [0, 0.05) is 36.1 Å². The minimum Gasteiger partial charge on any atom is -0.598 e. The molecule has 1 aromatic carbocycles. The van der Waals surface area contributed by atoms with Gasteiger partial charge in [0.2, 0.25) is 0 Å². The highest BCUT2D eigenvalue weighted by molar-refractivity contribution is 7.90. The van der Waals surface area contributed by atoms with Gasteiger partial charge in [-0.15, -0.1) is 4.72 Å². The van der Waals surface area contributed by atoms with E-state index in [9.17, 15) is 14.5 Å². The van der Waals surface area contributed by atoms with E-state index >= 15 is 0 Å². The van der Waals surface area contributed by atoms with Crippen molar-refractivity contribution in [1.82, 2.24) is 9.62 Å². The van der Waals surface area contributed by atoms with Gasteiger partial charge in [-0.05, 0) is 52.5 Å². The average molecular weight is 491 g/mol. The van der Waals surface area contributed by atoms with Crippen LogP contribution in [0.2, 0.25) is 10.0 Å². The van der Waals surface area contributed by atoms with Gasteiger partial charge in [-0.25, -0.2) is 0 Å². The Morgan fingerprint density at radius 1 is 1.39 bits per heavy atom. The molecule has 1 aliphatic rings. The zero-order valence-electron chi connectivity index (χ0n) is 18.5. The second-order valence-electron chi connectivity index (χ2n) is 8.72. The van der Waals surface area contributed by atoms with Crippen molar-refractivity contribution in [2.45, 2.75) is 57.4 Å². The molecule has 31 heavy (non-hydrogen) atoms. The van der Waals surface area contributed by atoms with Crippen LogP contribution >= 0.6 is 23.2 Å². The van der Waals surface area contributed by atoms with Crippen LogP contribution < -0.4 is 9.46 Å². The third kappa shape index (κ3) is 7.01. The number of piperidine rings is 1. The minimum atomic E-state index is -1.34. The Kier molecular flexibility index (Phi) is 9.55. The fourth-order valence-corrected chi connectivity index (χ4v) is 4.71. The van der Waals surface area contributed by atoms with Crippen molar-refractivity contribution in [3.63, 3.8) is 0 Å². The highest BCUT2D eigenvalue weighted by Gasteiger charge is 2.37. The molecule has 6 nitrogen and oxygen atoms in total. The first kappa shape index (κ1) is 26.3. The number of rotatable bonds is 8. The number of benzene rings is 1. The predicted octanol–water partition coefficient (Wildman–Crippen LogP) is 4.27. The third-order valence-corrected chi connectivity index (χ3v) is 7.52. The maximum Gasteiger partial charge on any atom is 0.251 e. The van der Waals surface area contributed by atoms with E-state index in [1.54, 1.807) is 23.1 Å². The highest BCUT2D eigenvalue weighted by atomic mass is 35.5. The Hall–Kier alpha value is -0.960. The summed E-state index contributed by atoms with van der Waals surface area (Å²) in [5.41, 5.74) is 0.772. The van der Waals surface area contributed by atoms with E-state index in [2.05, 4.69) is 11.3 Å². The summed E-state index contributed by atoms with van der Waals surface area (Å²) in [4.78, 5) is 13.8. The van der Waals surface area contributed by atoms with Gasteiger partial charge in [-0.1, -0.05) is 35.9 Å².